The quantitative estimate of drug-likeness (QED) is 0.747. The van der Waals surface area contributed by atoms with Gasteiger partial charge in [-0.3, -0.25) is 14.4 Å². The minimum Gasteiger partial charge on any atom is -0.378 e. The van der Waals surface area contributed by atoms with Crippen molar-refractivity contribution in [2.45, 2.75) is 19.2 Å². The van der Waals surface area contributed by atoms with Gasteiger partial charge in [0.2, 0.25) is 5.91 Å². The minimum atomic E-state index is 0.0705. The van der Waals surface area contributed by atoms with Crippen molar-refractivity contribution in [3.8, 4) is 0 Å². The number of carbonyl (C=O) groups excluding carboxylic acids is 1. The van der Waals surface area contributed by atoms with E-state index in [0.29, 0.717) is 6.54 Å². The second-order valence-corrected chi connectivity index (χ2v) is 4.82. The molecule has 1 aliphatic heterocycles. The molecule has 0 aromatic carbocycles. The minimum absolute atomic E-state index is 0.0705. The van der Waals surface area contributed by atoms with E-state index in [0.717, 1.165) is 25.3 Å². The molecule has 0 spiro atoms. The number of aromatic nitrogens is 2. The van der Waals surface area contributed by atoms with Gasteiger partial charge in [0.1, 0.15) is 0 Å². The lowest BCUT2D eigenvalue weighted by Gasteiger charge is -2.23. The second kappa shape index (κ2) is 5.49. The Bertz CT molecular complexity index is 416. The number of amides is 1. The molecule has 1 atom stereocenters. The van der Waals surface area contributed by atoms with Gasteiger partial charge in [0.15, 0.2) is 0 Å². The van der Waals surface area contributed by atoms with Crippen molar-refractivity contribution in [2.75, 3.05) is 34.3 Å². The summed E-state index contributed by atoms with van der Waals surface area (Å²) in [5.41, 5.74) is 1.13. The van der Waals surface area contributed by atoms with Gasteiger partial charge in [0, 0.05) is 40.5 Å². The highest BCUT2D eigenvalue weighted by atomic mass is 16.5. The highest BCUT2D eigenvalue weighted by Gasteiger charge is 2.23. The Morgan fingerprint density at radius 3 is 3.00 bits per heavy atom. The van der Waals surface area contributed by atoms with Crippen molar-refractivity contribution in [2.24, 2.45) is 0 Å². The zero-order chi connectivity index (χ0) is 13.1. The van der Waals surface area contributed by atoms with E-state index < -0.39 is 0 Å². The Balaban J connectivity index is 2.10. The van der Waals surface area contributed by atoms with Gasteiger partial charge in [-0.1, -0.05) is 0 Å². The molecule has 0 bridgehead atoms. The van der Waals surface area contributed by atoms with Crippen LogP contribution in [-0.4, -0.2) is 65.9 Å². The molecule has 2 rings (SSSR count). The lowest BCUT2D eigenvalue weighted by Crippen LogP contribution is -2.39. The summed E-state index contributed by atoms with van der Waals surface area (Å²) in [6.45, 7) is 2.64. The SMILES string of the molecule is CO[C@@H]1CN(CC(=O)N(C)C)Cc2ccnn2C1. The van der Waals surface area contributed by atoms with E-state index in [1.807, 2.05) is 10.7 Å². The van der Waals surface area contributed by atoms with Gasteiger partial charge in [-0.05, 0) is 6.07 Å². The number of hydrogen-bond acceptors (Lipinski definition) is 4. The van der Waals surface area contributed by atoms with Crippen LogP contribution in [0.25, 0.3) is 0 Å². The van der Waals surface area contributed by atoms with Crippen LogP contribution in [0.2, 0.25) is 0 Å². The third-order valence-corrected chi connectivity index (χ3v) is 3.22. The first-order chi connectivity index (χ1) is 8.60. The highest BCUT2D eigenvalue weighted by molar-refractivity contribution is 5.77. The lowest BCUT2D eigenvalue weighted by atomic mass is 10.3. The molecule has 0 radical (unpaired) electrons. The molecule has 0 aliphatic carbocycles. The van der Waals surface area contributed by atoms with E-state index >= 15 is 0 Å². The van der Waals surface area contributed by atoms with Crippen molar-refractivity contribution in [3.63, 3.8) is 0 Å². The Labute approximate surface area is 107 Å². The number of ether oxygens (including phenoxy) is 1. The summed E-state index contributed by atoms with van der Waals surface area (Å²) in [5.74, 6) is 0.109. The summed E-state index contributed by atoms with van der Waals surface area (Å²) in [7, 11) is 5.25. The zero-order valence-electron chi connectivity index (χ0n) is 11.2. The van der Waals surface area contributed by atoms with Crippen LogP contribution in [0.3, 0.4) is 0 Å². The first-order valence-electron chi connectivity index (χ1n) is 6.06. The normalized spacial score (nSPS) is 20.3. The maximum absolute atomic E-state index is 11.8. The van der Waals surface area contributed by atoms with Crippen molar-refractivity contribution in [1.29, 1.82) is 0 Å². The standard InChI is InChI=1S/C12H20N4O2/c1-14(2)12(17)9-15-6-10-4-5-13-16(10)8-11(7-15)18-3/h4-5,11H,6-9H2,1-3H3/t11-/m1/s1. The number of methoxy groups -OCH3 is 1. The molecular formula is C12H20N4O2. The van der Waals surface area contributed by atoms with Gasteiger partial charge in [-0.15, -0.1) is 0 Å². The van der Waals surface area contributed by atoms with Crippen LogP contribution in [-0.2, 0) is 22.6 Å². The fraction of sp³-hybridized carbons (Fsp3) is 0.667. The van der Waals surface area contributed by atoms with E-state index in [2.05, 4.69) is 10.00 Å². The maximum atomic E-state index is 11.8. The Hall–Kier alpha value is -1.40. The van der Waals surface area contributed by atoms with E-state index in [1.54, 1.807) is 32.3 Å². The number of likely N-dealkylation sites (N-methyl/N-ethyl adjacent to an activating group) is 1. The predicted molar refractivity (Wildman–Crippen MR) is 67.0 cm³/mol. The molecular weight excluding hydrogens is 232 g/mol. The van der Waals surface area contributed by atoms with Gasteiger partial charge in [-0.2, -0.15) is 5.10 Å². The summed E-state index contributed by atoms with van der Waals surface area (Å²) in [6, 6.07) is 1.99. The maximum Gasteiger partial charge on any atom is 0.236 e. The topological polar surface area (TPSA) is 50.6 Å². The molecule has 0 unspecified atom stereocenters. The van der Waals surface area contributed by atoms with Crippen LogP contribution in [0.5, 0.6) is 0 Å². The largest absolute Gasteiger partial charge is 0.378 e. The summed E-state index contributed by atoms with van der Waals surface area (Å²) >= 11 is 0. The Morgan fingerprint density at radius 2 is 2.33 bits per heavy atom. The van der Waals surface area contributed by atoms with Crippen LogP contribution in [0.1, 0.15) is 5.69 Å². The molecule has 6 heteroatoms. The van der Waals surface area contributed by atoms with Crippen LogP contribution < -0.4 is 0 Å². The zero-order valence-corrected chi connectivity index (χ0v) is 11.2. The molecule has 18 heavy (non-hydrogen) atoms. The van der Waals surface area contributed by atoms with Gasteiger partial charge in [0.05, 0.1) is 24.9 Å². The fourth-order valence-electron chi connectivity index (χ4n) is 2.09. The van der Waals surface area contributed by atoms with Gasteiger partial charge >= 0.3 is 0 Å². The third-order valence-electron chi connectivity index (χ3n) is 3.22. The second-order valence-electron chi connectivity index (χ2n) is 4.82. The Kier molecular flexibility index (Phi) is 3.98. The van der Waals surface area contributed by atoms with Crippen molar-refractivity contribution < 1.29 is 9.53 Å². The summed E-state index contributed by atoms with van der Waals surface area (Å²) < 4.78 is 7.39. The van der Waals surface area contributed by atoms with Gasteiger partial charge < -0.3 is 9.64 Å². The average molecular weight is 252 g/mol. The molecule has 1 aromatic rings. The van der Waals surface area contributed by atoms with Crippen molar-refractivity contribution in [3.05, 3.63) is 18.0 Å². The van der Waals surface area contributed by atoms with Gasteiger partial charge in [0.25, 0.3) is 0 Å². The predicted octanol–water partition coefficient (Wildman–Crippen LogP) is -0.198. The van der Waals surface area contributed by atoms with Crippen LogP contribution in [0, 0.1) is 0 Å². The van der Waals surface area contributed by atoms with Crippen LogP contribution in [0.4, 0.5) is 0 Å². The number of rotatable bonds is 3. The fourth-order valence-corrected chi connectivity index (χ4v) is 2.09. The van der Waals surface area contributed by atoms with Crippen molar-refractivity contribution >= 4 is 5.91 Å². The van der Waals surface area contributed by atoms with E-state index in [1.165, 1.54) is 0 Å². The van der Waals surface area contributed by atoms with E-state index in [4.69, 9.17) is 4.74 Å². The smallest absolute Gasteiger partial charge is 0.236 e. The number of hydrogen-bond donors (Lipinski definition) is 0. The first kappa shape index (κ1) is 13.0. The third kappa shape index (κ3) is 2.88. The van der Waals surface area contributed by atoms with Crippen molar-refractivity contribution in [1.82, 2.24) is 19.6 Å². The van der Waals surface area contributed by atoms with E-state index in [9.17, 15) is 4.79 Å². The molecule has 100 valence electrons. The summed E-state index contributed by atoms with van der Waals surface area (Å²) in [5, 5.41) is 4.28. The summed E-state index contributed by atoms with van der Waals surface area (Å²) in [6.07, 6.45) is 1.86. The number of fused-ring (bicyclic) bond motifs is 1. The first-order valence-corrected chi connectivity index (χ1v) is 6.06. The molecule has 1 aliphatic rings. The Morgan fingerprint density at radius 1 is 1.56 bits per heavy atom. The average Bonchev–Trinajstić information content (AvgIpc) is 2.68. The molecule has 0 saturated heterocycles. The van der Waals surface area contributed by atoms with Crippen LogP contribution in [0.15, 0.2) is 12.3 Å². The number of carbonyl (C=O) groups is 1. The van der Waals surface area contributed by atoms with Crippen LogP contribution >= 0.6 is 0 Å². The van der Waals surface area contributed by atoms with Gasteiger partial charge in [-0.25, -0.2) is 0 Å². The number of nitrogens with zero attached hydrogens (tertiary/aromatic N) is 4. The molecule has 0 fully saturated rings. The van der Waals surface area contributed by atoms with E-state index in [-0.39, 0.29) is 12.0 Å². The summed E-state index contributed by atoms with van der Waals surface area (Å²) in [4.78, 5) is 15.5. The highest BCUT2D eigenvalue weighted by Crippen LogP contribution is 2.13. The monoisotopic (exact) mass is 252 g/mol. The molecule has 2 heterocycles. The molecule has 1 aromatic heterocycles. The molecule has 1 amide bonds. The lowest BCUT2D eigenvalue weighted by molar-refractivity contribution is -0.130. The molecule has 0 N–H and O–H groups in total. The molecule has 0 saturated carbocycles. The molecule has 6 nitrogen and oxygen atoms in total.